The van der Waals surface area contributed by atoms with Crippen LogP contribution in [0.1, 0.15) is 36.3 Å². The lowest BCUT2D eigenvalue weighted by Gasteiger charge is -2.28. The zero-order chi connectivity index (χ0) is 19.3. The molecule has 0 radical (unpaired) electrons. The number of carbonyl (C=O) groups is 2. The van der Waals surface area contributed by atoms with E-state index in [1.807, 2.05) is 29.6 Å². The minimum absolute atomic E-state index is 0.0355. The number of hydrogen-bond donors (Lipinski definition) is 0. The third-order valence-electron chi connectivity index (χ3n) is 5.25. The van der Waals surface area contributed by atoms with Crippen LogP contribution in [0.4, 0.5) is 0 Å². The summed E-state index contributed by atoms with van der Waals surface area (Å²) in [4.78, 5) is 30.6. The van der Waals surface area contributed by atoms with Gasteiger partial charge in [-0.2, -0.15) is 0 Å². The first-order valence-electron chi connectivity index (χ1n) is 9.92. The average molecular weight is 403 g/mol. The first-order chi connectivity index (χ1) is 13.7. The van der Waals surface area contributed by atoms with Crippen LogP contribution in [-0.2, 0) is 27.3 Å². The van der Waals surface area contributed by atoms with Crippen LogP contribution in [0.25, 0.3) is 0 Å². The highest BCUT2D eigenvalue weighted by Crippen LogP contribution is 2.28. The van der Waals surface area contributed by atoms with Crippen LogP contribution in [0.5, 0.6) is 0 Å². The molecule has 0 spiro atoms. The summed E-state index contributed by atoms with van der Waals surface area (Å²) in [6.45, 7) is 1.82. The van der Waals surface area contributed by atoms with E-state index in [0.717, 1.165) is 42.9 Å². The number of thiophene rings is 1. The molecule has 1 saturated carbocycles. The van der Waals surface area contributed by atoms with Crippen LogP contribution in [0, 0.1) is 0 Å². The lowest BCUT2D eigenvalue weighted by Crippen LogP contribution is -2.46. The summed E-state index contributed by atoms with van der Waals surface area (Å²) in [6, 6.07) is 7.81. The molecule has 4 rings (SSSR count). The summed E-state index contributed by atoms with van der Waals surface area (Å²) in [7, 11) is 0. The topological polar surface area (TPSA) is 63.0 Å². The van der Waals surface area contributed by atoms with Crippen molar-refractivity contribution >= 4 is 23.2 Å². The third kappa shape index (κ3) is 5.02. The fourth-order valence-electron chi connectivity index (χ4n) is 3.60. The normalized spacial score (nSPS) is 18.9. The van der Waals surface area contributed by atoms with Crippen molar-refractivity contribution in [1.29, 1.82) is 0 Å². The summed E-state index contributed by atoms with van der Waals surface area (Å²) in [6.07, 6.45) is 6.00. The highest BCUT2D eigenvalue weighted by atomic mass is 32.1. The van der Waals surface area contributed by atoms with Crippen LogP contribution < -0.4 is 0 Å². The molecular formula is C21H26N2O4S. The van der Waals surface area contributed by atoms with Gasteiger partial charge in [-0.25, -0.2) is 0 Å². The molecule has 1 atom stereocenters. The standard InChI is InChI=1S/C21H26N2O4S/c24-20(12-19-6-3-11-28-19)23(16-7-8-16)15-21(25)22(13-17-4-1-9-26-17)14-18-5-2-10-27-18/h1,3-4,6,9,11,16,18H,2,5,7-8,10,12-15H2/t18-/m0/s1. The van der Waals surface area contributed by atoms with Gasteiger partial charge in [0.05, 0.1) is 25.3 Å². The van der Waals surface area contributed by atoms with Gasteiger partial charge in [0, 0.05) is 24.1 Å². The first kappa shape index (κ1) is 19.2. The molecule has 3 heterocycles. The molecule has 0 unspecified atom stereocenters. The van der Waals surface area contributed by atoms with Crippen molar-refractivity contribution in [3.63, 3.8) is 0 Å². The summed E-state index contributed by atoms with van der Waals surface area (Å²) >= 11 is 1.58. The molecular weight excluding hydrogens is 376 g/mol. The van der Waals surface area contributed by atoms with Crippen molar-refractivity contribution in [3.05, 3.63) is 46.5 Å². The Hall–Kier alpha value is -2.12. The number of ether oxygens (including phenoxy) is 1. The smallest absolute Gasteiger partial charge is 0.242 e. The summed E-state index contributed by atoms with van der Waals surface area (Å²) < 4.78 is 11.2. The molecule has 1 aliphatic heterocycles. The monoisotopic (exact) mass is 402 g/mol. The van der Waals surface area contributed by atoms with E-state index in [9.17, 15) is 9.59 Å². The highest BCUT2D eigenvalue weighted by Gasteiger charge is 2.35. The quantitative estimate of drug-likeness (QED) is 0.647. The molecule has 150 valence electrons. The van der Waals surface area contributed by atoms with E-state index in [1.165, 1.54) is 0 Å². The van der Waals surface area contributed by atoms with Crippen LogP contribution in [0.15, 0.2) is 40.3 Å². The Bertz CT molecular complexity index is 764. The minimum atomic E-state index is -0.0432. The Morgan fingerprint density at radius 1 is 1.14 bits per heavy atom. The van der Waals surface area contributed by atoms with E-state index in [-0.39, 0.29) is 30.5 Å². The molecule has 0 N–H and O–H groups in total. The van der Waals surface area contributed by atoms with Gasteiger partial charge in [0.2, 0.25) is 11.8 Å². The van der Waals surface area contributed by atoms with Crippen molar-refractivity contribution in [2.45, 2.75) is 50.8 Å². The Morgan fingerprint density at radius 3 is 2.68 bits per heavy atom. The molecule has 7 heteroatoms. The van der Waals surface area contributed by atoms with Crippen LogP contribution in [0.3, 0.4) is 0 Å². The lowest BCUT2D eigenvalue weighted by molar-refractivity contribution is -0.142. The van der Waals surface area contributed by atoms with Gasteiger partial charge in [0.25, 0.3) is 0 Å². The number of furan rings is 1. The van der Waals surface area contributed by atoms with Gasteiger partial charge in [-0.3, -0.25) is 9.59 Å². The Morgan fingerprint density at radius 2 is 2.04 bits per heavy atom. The molecule has 28 heavy (non-hydrogen) atoms. The third-order valence-corrected chi connectivity index (χ3v) is 6.12. The second-order valence-corrected chi connectivity index (χ2v) is 8.53. The Balaban J connectivity index is 1.42. The maximum atomic E-state index is 13.1. The van der Waals surface area contributed by atoms with Gasteiger partial charge in [0.15, 0.2) is 0 Å². The zero-order valence-electron chi connectivity index (χ0n) is 15.9. The fraction of sp³-hybridized carbons (Fsp3) is 0.524. The van der Waals surface area contributed by atoms with Crippen molar-refractivity contribution in [2.75, 3.05) is 19.7 Å². The van der Waals surface area contributed by atoms with E-state index >= 15 is 0 Å². The fourth-order valence-corrected chi connectivity index (χ4v) is 4.29. The van der Waals surface area contributed by atoms with Gasteiger partial charge >= 0.3 is 0 Å². The zero-order valence-corrected chi connectivity index (χ0v) is 16.7. The predicted octanol–water partition coefficient (Wildman–Crippen LogP) is 3.08. The van der Waals surface area contributed by atoms with Gasteiger partial charge in [-0.1, -0.05) is 6.07 Å². The van der Waals surface area contributed by atoms with Gasteiger partial charge in [-0.05, 0) is 49.3 Å². The molecule has 0 bridgehead atoms. The summed E-state index contributed by atoms with van der Waals surface area (Å²) in [5.41, 5.74) is 0. The molecule has 2 aliphatic rings. The van der Waals surface area contributed by atoms with Crippen molar-refractivity contribution in [3.8, 4) is 0 Å². The SMILES string of the molecule is O=C(CN(C(=O)Cc1cccs1)C1CC1)N(Cc1ccco1)C[C@@H]1CCCO1. The second kappa shape index (κ2) is 8.92. The molecule has 1 saturated heterocycles. The second-order valence-electron chi connectivity index (χ2n) is 7.50. The molecule has 0 aromatic carbocycles. The van der Waals surface area contributed by atoms with Crippen LogP contribution >= 0.6 is 11.3 Å². The molecule has 1 aliphatic carbocycles. The molecule has 2 aromatic rings. The van der Waals surface area contributed by atoms with E-state index < -0.39 is 0 Å². The van der Waals surface area contributed by atoms with Gasteiger partial charge < -0.3 is 19.0 Å². The molecule has 2 fully saturated rings. The average Bonchev–Trinajstić information content (AvgIpc) is 3.13. The number of rotatable bonds is 9. The van der Waals surface area contributed by atoms with Crippen LogP contribution in [-0.4, -0.2) is 53.5 Å². The number of amides is 2. The first-order valence-corrected chi connectivity index (χ1v) is 10.8. The van der Waals surface area contributed by atoms with E-state index in [2.05, 4.69) is 0 Å². The number of carbonyl (C=O) groups excluding carboxylic acids is 2. The van der Waals surface area contributed by atoms with Gasteiger partial charge in [0.1, 0.15) is 12.3 Å². The molecule has 2 aromatic heterocycles. The van der Waals surface area contributed by atoms with Gasteiger partial charge in [-0.15, -0.1) is 11.3 Å². The maximum Gasteiger partial charge on any atom is 0.242 e. The van der Waals surface area contributed by atoms with Crippen LogP contribution in [0.2, 0.25) is 0 Å². The molecule has 6 nitrogen and oxygen atoms in total. The van der Waals surface area contributed by atoms with E-state index in [0.29, 0.717) is 19.5 Å². The molecule has 2 amide bonds. The number of nitrogens with zero attached hydrogens (tertiary/aromatic N) is 2. The van der Waals surface area contributed by atoms with Crippen molar-refractivity contribution in [1.82, 2.24) is 9.80 Å². The Kier molecular flexibility index (Phi) is 6.12. The predicted molar refractivity (Wildman–Crippen MR) is 106 cm³/mol. The Labute approximate surface area is 169 Å². The summed E-state index contributed by atoms with van der Waals surface area (Å²) in [5, 5.41) is 1.97. The van der Waals surface area contributed by atoms with Crippen molar-refractivity contribution < 1.29 is 18.7 Å². The minimum Gasteiger partial charge on any atom is -0.467 e. The number of hydrogen-bond acceptors (Lipinski definition) is 5. The largest absolute Gasteiger partial charge is 0.467 e. The summed E-state index contributed by atoms with van der Waals surface area (Å²) in [5.74, 6) is 0.737. The van der Waals surface area contributed by atoms with E-state index in [4.69, 9.17) is 9.15 Å². The van der Waals surface area contributed by atoms with E-state index in [1.54, 1.807) is 27.4 Å². The maximum absolute atomic E-state index is 13.1. The lowest BCUT2D eigenvalue weighted by atomic mass is 10.2. The highest BCUT2D eigenvalue weighted by molar-refractivity contribution is 7.10. The van der Waals surface area contributed by atoms with Crippen molar-refractivity contribution in [2.24, 2.45) is 0 Å².